The Labute approximate surface area is 139 Å². The monoisotopic (exact) mass is 319 g/mol. The molecule has 0 saturated heterocycles. The van der Waals surface area contributed by atoms with Crippen molar-refractivity contribution < 1.29 is 9.53 Å². The molecule has 0 aromatic heterocycles. The van der Waals surface area contributed by atoms with E-state index in [0.29, 0.717) is 25.2 Å². The molecule has 2 rings (SSSR count). The van der Waals surface area contributed by atoms with Gasteiger partial charge in [-0.05, 0) is 30.9 Å². The smallest absolute Gasteiger partial charge is 0.319 e. The summed E-state index contributed by atoms with van der Waals surface area (Å²) in [5, 5.41) is 5.75. The largest absolute Gasteiger partial charge is 0.376 e. The molecule has 23 heavy (non-hydrogen) atoms. The standard InChI is InChI=1S/C18H29N3O2/c1-14-8-4-7-11-17(14)23-13-12-19-18(22)20-15-9-5-6-10-16(15)21(2)3/h5-6,9-10,14,17H,4,7-8,11-13H2,1-3H3,(H2,19,20,22)/t14-,17+/m1/s1. The van der Waals surface area contributed by atoms with E-state index < -0.39 is 0 Å². The number of hydrogen-bond acceptors (Lipinski definition) is 3. The van der Waals surface area contributed by atoms with Crippen LogP contribution in [0.1, 0.15) is 32.6 Å². The quantitative estimate of drug-likeness (QED) is 0.789. The van der Waals surface area contributed by atoms with Crippen molar-refractivity contribution in [2.24, 2.45) is 5.92 Å². The zero-order chi connectivity index (χ0) is 16.7. The lowest BCUT2D eigenvalue weighted by Gasteiger charge is -2.28. The fourth-order valence-corrected chi connectivity index (χ4v) is 3.04. The zero-order valence-corrected chi connectivity index (χ0v) is 14.5. The van der Waals surface area contributed by atoms with Crippen molar-refractivity contribution in [2.45, 2.75) is 38.7 Å². The summed E-state index contributed by atoms with van der Waals surface area (Å²) in [6, 6.07) is 7.55. The summed E-state index contributed by atoms with van der Waals surface area (Å²) in [6.07, 6.45) is 5.31. The molecule has 0 spiro atoms. The number of hydrogen-bond donors (Lipinski definition) is 2. The maximum atomic E-state index is 12.0. The van der Waals surface area contributed by atoms with E-state index in [1.807, 2.05) is 43.3 Å². The number of nitrogens with one attached hydrogen (secondary N) is 2. The van der Waals surface area contributed by atoms with E-state index in [1.165, 1.54) is 19.3 Å². The second-order valence-corrected chi connectivity index (χ2v) is 6.46. The lowest BCUT2D eigenvalue weighted by Crippen LogP contribution is -2.34. The number of ether oxygens (including phenoxy) is 1. The second-order valence-electron chi connectivity index (χ2n) is 6.46. The minimum Gasteiger partial charge on any atom is -0.376 e. The third-order valence-electron chi connectivity index (χ3n) is 4.39. The normalized spacial score (nSPS) is 20.8. The number of urea groups is 1. The Hall–Kier alpha value is -1.75. The average Bonchev–Trinajstić information content (AvgIpc) is 2.53. The van der Waals surface area contributed by atoms with Crippen LogP contribution in [0.2, 0.25) is 0 Å². The molecule has 2 amide bonds. The van der Waals surface area contributed by atoms with Gasteiger partial charge in [0.05, 0.1) is 24.1 Å². The van der Waals surface area contributed by atoms with E-state index in [2.05, 4.69) is 17.6 Å². The van der Waals surface area contributed by atoms with Crippen molar-refractivity contribution in [1.29, 1.82) is 0 Å². The predicted molar refractivity (Wildman–Crippen MR) is 95.2 cm³/mol. The van der Waals surface area contributed by atoms with Crippen LogP contribution in [0.4, 0.5) is 16.2 Å². The van der Waals surface area contributed by atoms with E-state index in [1.54, 1.807) is 0 Å². The highest BCUT2D eigenvalue weighted by Crippen LogP contribution is 2.26. The fourth-order valence-electron chi connectivity index (χ4n) is 3.04. The van der Waals surface area contributed by atoms with Crippen LogP contribution in [0.5, 0.6) is 0 Å². The predicted octanol–water partition coefficient (Wildman–Crippen LogP) is 3.47. The Morgan fingerprint density at radius 1 is 1.26 bits per heavy atom. The minimum absolute atomic E-state index is 0.195. The van der Waals surface area contributed by atoms with Crippen LogP contribution in [0, 0.1) is 5.92 Å². The van der Waals surface area contributed by atoms with E-state index >= 15 is 0 Å². The number of rotatable bonds is 6. The van der Waals surface area contributed by atoms with Crippen LogP contribution in [-0.4, -0.2) is 39.4 Å². The average molecular weight is 319 g/mol. The van der Waals surface area contributed by atoms with Gasteiger partial charge in [0.2, 0.25) is 0 Å². The SMILES string of the molecule is C[C@@H]1CCCC[C@@H]1OCCNC(=O)Nc1ccccc1N(C)C. The van der Waals surface area contributed by atoms with Crippen molar-refractivity contribution in [2.75, 3.05) is 37.5 Å². The molecule has 0 bridgehead atoms. The van der Waals surface area contributed by atoms with Gasteiger partial charge in [-0.3, -0.25) is 0 Å². The summed E-state index contributed by atoms with van der Waals surface area (Å²) in [4.78, 5) is 14.0. The van der Waals surface area contributed by atoms with Gasteiger partial charge in [-0.25, -0.2) is 4.79 Å². The number of carbonyl (C=O) groups excluding carboxylic acids is 1. The third-order valence-corrected chi connectivity index (χ3v) is 4.39. The lowest BCUT2D eigenvalue weighted by molar-refractivity contribution is -0.00232. The minimum atomic E-state index is -0.195. The van der Waals surface area contributed by atoms with Gasteiger partial charge in [0, 0.05) is 20.6 Å². The highest BCUT2D eigenvalue weighted by atomic mass is 16.5. The van der Waals surface area contributed by atoms with Crippen LogP contribution in [0.25, 0.3) is 0 Å². The fraction of sp³-hybridized carbons (Fsp3) is 0.611. The van der Waals surface area contributed by atoms with Crippen LogP contribution in [0.15, 0.2) is 24.3 Å². The van der Waals surface area contributed by atoms with Crippen molar-refractivity contribution in [3.63, 3.8) is 0 Å². The molecule has 2 N–H and O–H groups in total. The summed E-state index contributed by atoms with van der Waals surface area (Å²) in [5.41, 5.74) is 1.78. The van der Waals surface area contributed by atoms with Gasteiger partial charge in [0.25, 0.3) is 0 Å². The second kappa shape index (κ2) is 8.77. The molecule has 1 saturated carbocycles. The highest BCUT2D eigenvalue weighted by molar-refractivity contribution is 5.93. The Morgan fingerprint density at radius 3 is 2.74 bits per heavy atom. The van der Waals surface area contributed by atoms with Crippen LogP contribution in [-0.2, 0) is 4.74 Å². The van der Waals surface area contributed by atoms with Gasteiger partial charge in [-0.2, -0.15) is 0 Å². The maximum absolute atomic E-state index is 12.0. The first-order chi connectivity index (χ1) is 11.1. The molecule has 0 aliphatic heterocycles. The Morgan fingerprint density at radius 2 is 2.00 bits per heavy atom. The van der Waals surface area contributed by atoms with E-state index in [9.17, 15) is 4.79 Å². The van der Waals surface area contributed by atoms with Crippen molar-refractivity contribution >= 4 is 17.4 Å². The number of para-hydroxylation sites is 2. The number of anilines is 2. The number of nitrogens with zero attached hydrogens (tertiary/aromatic N) is 1. The molecule has 1 aliphatic carbocycles. The summed E-state index contributed by atoms with van der Waals surface area (Å²) in [7, 11) is 3.91. The number of amides is 2. The van der Waals surface area contributed by atoms with Crippen molar-refractivity contribution in [3.8, 4) is 0 Å². The van der Waals surface area contributed by atoms with Crippen molar-refractivity contribution in [1.82, 2.24) is 5.32 Å². The van der Waals surface area contributed by atoms with Crippen molar-refractivity contribution in [3.05, 3.63) is 24.3 Å². The van der Waals surface area contributed by atoms with E-state index in [-0.39, 0.29) is 6.03 Å². The summed E-state index contributed by atoms with van der Waals surface area (Å²) >= 11 is 0. The van der Waals surface area contributed by atoms with Crippen LogP contribution in [0.3, 0.4) is 0 Å². The molecule has 0 radical (unpaired) electrons. The third kappa shape index (κ3) is 5.43. The Kier molecular flexibility index (Phi) is 6.71. The van der Waals surface area contributed by atoms with E-state index in [4.69, 9.17) is 4.74 Å². The maximum Gasteiger partial charge on any atom is 0.319 e. The highest BCUT2D eigenvalue weighted by Gasteiger charge is 2.21. The summed E-state index contributed by atoms with van der Waals surface area (Å²) < 4.78 is 5.91. The molecule has 1 aromatic rings. The Balaban J connectivity index is 1.71. The first-order valence-electron chi connectivity index (χ1n) is 8.50. The first kappa shape index (κ1) is 17.6. The van der Waals surface area contributed by atoms with Gasteiger partial charge in [-0.1, -0.05) is 31.9 Å². The molecule has 0 unspecified atom stereocenters. The number of carbonyl (C=O) groups is 1. The van der Waals surface area contributed by atoms with Gasteiger partial charge in [0.1, 0.15) is 0 Å². The molecular weight excluding hydrogens is 290 g/mol. The molecule has 5 heteroatoms. The first-order valence-corrected chi connectivity index (χ1v) is 8.50. The van der Waals surface area contributed by atoms with E-state index in [0.717, 1.165) is 17.8 Å². The zero-order valence-electron chi connectivity index (χ0n) is 14.5. The topological polar surface area (TPSA) is 53.6 Å². The molecule has 128 valence electrons. The molecule has 0 heterocycles. The summed E-state index contributed by atoms with van der Waals surface area (Å²) in [6.45, 7) is 3.35. The van der Waals surface area contributed by atoms with Gasteiger partial charge >= 0.3 is 6.03 Å². The lowest BCUT2D eigenvalue weighted by atomic mass is 9.88. The Bertz CT molecular complexity index is 505. The van der Waals surface area contributed by atoms with Crippen LogP contribution < -0.4 is 15.5 Å². The molecule has 2 atom stereocenters. The molecular formula is C18H29N3O2. The number of benzene rings is 1. The van der Waals surface area contributed by atoms with Crippen LogP contribution >= 0.6 is 0 Å². The molecule has 5 nitrogen and oxygen atoms in total. The molecule has 1 fully saturated rings. The molecule has 1 aromatic carbocycles. The van der Waals surface area contributed by atoms with Gasteiger partial charge < -0.3 is 20.3 Å². The molecule has 1 aliphatic rings. The summed E-state index contributed by atoms with van der Waals surface area (Å²) in [5.74, 6) is 0.629. The van der Waals surface area contributed by atoms with Gasteiger partial charge in [0.15, 0.2) is 0 Å². The van der Waals surface area contributed by atoms with Gasteiger partial charge in [-0.15, -0.1) is 0 Å².